The van der Waals surface area contributed by atoms with E-state index in [1.807, 2.05) is 0 Å². The van der Waals surface area contributed by atoms with Gasteiger partial charge in [-0.25, -0.2) is 0 Å². The lowest BCUT2D eigenvalue weighted by molar-refractivity contribution is -0.167. The van der Waals surface area contributed by atoms with Crippen LogP contribution in [0.3, 0.4) is 0 Å². The van der Waals surface area contributed by atoms with Crippen molar-refractivity contribution >= 4 is 17.9 Å². The van der Waals surface area contributed by atoms with Crippen LogP contribution >= 0.6 is 0 Å². The van der Waals surface area contributed by atoms with Crippen molar-refractivity contribution in [3.63, 3.8) is 0 Å². The van der Waals surface area contributed by atoms with Crippen LogP contribution in [0, 0.1) is 0 Å². The normalized spacial score (nSPS) is 12.8. The Balaban J connectivity index is 4.35. The van der Waals surface area contributed by atoms with E-state index in [1.54, 1.807) is 0 Å². The van der Waals surface area contributed by atoms with Crippen LogP contribution in [0.2, 0.25) is 0 Å². The van der Waals surface area contributed by atoms with Crippen LogP contribution < -0.4 is 0 Å². The number of allylic oxidation sites excluding steroid dienone is 18. The van der Waals surface area contributed by atoms with Crippen LogP contribution in [-0.2, 0) is 28.6 Å². The first kappa shape index (κ1) is 74.1. The largest absolute Gasteiger partial charge is 0.462 e. The quantitative estimate of drug-likeness (QED) is 0.0261. The van der Waals surface area contributed by atoms with Crippen molar-refractivity contribution in [2.75, 3.05) is 13.2 Å². The lowest BCUT2D eigenvalue weighted by Gasteiger charge is -2.18. The van der Waals surface area contributed by atoms with Gasteiger partial charge in [0.15, 0.2) is 6.10 Å². The van der Waals surface area contributed by atoms with Gasteiger partial charge in [-0.15, -0.1) is 0 Å². The second-order valence-corrected chi connectivity index (χ2v) is 21.6. The maximum atomic E-state index is 12.9. The molecule has 0 radical (unpaired) electrons. The molecule has 446 valence electrons. The number of carbonyl (C=O) groups excluding carboxylic acids is 3. The molecule has 78 heavy (non-hydrogen) atoms. The fourth-order valence-corrected chi connectivity index (χ4v) is 9.10. The highest BCUT2D eigenvalue weighted by Crippen LogP contribution is 2.16. The molecule has 6 nitrogen and oxygen atoms in total. The lowest BCUT2D eigenvalue weighted by atomic mass is 10.0. The molecule has 0 aliphatic heterocycles. The predicted molar refractivity (Wildman–Crippen MR) is 339 cm³/mol. The van der Waals surface area contributed by atoms with Gasteiger partial charge in [-0.2, -0.15) is 0 Å². The number of rotatable bonds is 59. The molecule has 0 fully saturated rings. The molecule has 0 spiro atoms. The smallest absolute Gasteiger partial charge is 0.306 e. The van der Waals surface area contributed by atoms with E-state index in [9.17, 15) is 14.4 Å². The zero-order valence-corrected chi connectivity index (χ0v) is 51.2. The molecule has 0 aliphatic carbocycles. The Morgan fingerprint density at radius 1 is 0.269 bits per heavy atom. The van der Waals surface area contributed by atoms with Crippen molar-refractivity contribution in [1.82, 2.24) is 0 Å². The highest BCUT2D eigenvalue weighted by molar-refractivity contribution is 5.71. The Bertz CT molecular complexity index is 1570. The van der Waals surface area contributed by atoms with Gasteiger partial charge in [0.2, 0.25) is 0 Å². The number of unbranched alkanes of at least 4 members (excludes halogenated alkanes) is 30. The SMILES string of the molecule is CC/C=C\C/C=C\C/C=C\C/C=C\C/C=C\C/C=C\C/C=C\C/C=C\CCCCCCC(=O)OCC(COC(=O)CCCCCCCCCCCCCC)OC(=O)CCCCCCCCCCC/C=C\CCCCCCCC. The minimum atomic E-state index is -0.790. The first-order valence-electron chi connectivity index (χ1n) is 32.9. The van der Waals surface area contributed by atoms with E-state index in [2.05, 4.69) is 130 Å². The summed E-state index contributed by atoms with van der Waals surface area (Å²) in [6.45, 7) is 6.52. The van der Waals surface area contributed by atoms with E-state index in [4.69, 9.17) is 14.2 Å². The van der Waals surface area contributed by atoms with Crippen LogP contribution in [0.4, 0.5) is 0 Å². The lowest BCUT2D eigenvalue weighted by Crippen LogP contribution is -2.30. The molecule has 0 aromatic carbocycles. The Morgan fingerprint density at radius 3 is 0.795 bits per heavy atom. The van der Waals surface area contributed by atoms with E-state index in [-0.39, 0.29) is 31.1 Å². The van der Waals surface area contributed by atoms with Gasteiger partial charge in [0.1, 0.15) is 13.2 Å². The van der Waals surface area contributed by atoms with Gasteiger partial charge >= 0.3 is 17.9 Å². The number of esters is 3. The molecule has 0 aliphatic rings. The van der Waals surface area contributed by atoms with E-state index in [0.717, 1.165) is 122 Å². The van der Waals surface area contributed by atoms with Crippen LogP contribution in [0.5, 0.6) is 0 Å². The van der Waals surface area contributed by atoms with Gasteiger partial charge in [-0.05, 0) is 109 Å². The minimum absolute atomic E-state index is 0.0849. The predicted octanol–water partition coefficient (Wildman–Crippen LogP) is 22.6. The van der Waals surface area contributed by atoms with Crippen molar-refractivity contribution in [2.24, 2.45) is 0 Å². The van der Waals surface area contributed by atoms with E-state index in [1.165, 1.54) is 148 Å². The van der Waals surface area contributed by atoms with Crippen molar-refractivity contribution in [3.8, 4) is 0 Å². The van der Waals surface area contributed by atoms with Crippen LogP contribution in [0.25, 0.3) is 0 Å². The maximum Gasteiger partial charge on any atom is 0.306 e. The fraction of sp³-hybridized carbons (Fsp3) is 0.708. The third kappa shape index (κ3) is 62.9. The minimum Gasteiger partial charge on any atom is -0.462 e. The first-order valence-corrected chi connectivity index (χ1v) is 32.9. The van der Waals surface area contributed by atoms with Gasteiger partial charge < -0.3 is 14.2 Å². The van der Waals surface area contributed by atoms with Crippen molar-refractivity contribution < 1.29 is 28.6 Å². The second-order valence-electron chi connectivity index (χ2n) is 21.6. The van der Waals surface area contributed by atoms with Crippen LogP contribution in [-0.4, -0.2) is 37.2 Å². The summed E-state index contributed by atoms with van der Waals surface area (Å²) in [5.74, 6) is -0.904. The van der Waals surface area contributed by atoms with Crippen LogP contribution in [0.1, 0.15) is 310 Å². The molecule has 0 bridgehead atoms. The van der Waals surface area contributed by atoms with Gasteiger partial charge in [-0.1, -0.05) is 291 Å². The van der Waals surface area contributed by atoms with Gasteiger partial charge in [-0.3, -0.25) is 14.4 Å². The molecule has 0 aromatic rings. The molecule has 6 heteroatoms. The summed E-state index contributed by atoms with van der Waals surface area (Å²) in [6, 6.07) is 0. The molecule has 1 unspecified atom stereocenters. The zero-order chi connectivity index (χ0) is 56.4. The van der Waals surface area contributed by atoms with E-state index >= 15 is 0 Å². The topological polar surface area (TPSA) is 78.9 Å². The molecule has 0 saturated carbocycles. The third-order valence-electron chi connectivity index (χ3n) is 14.0. The molecule has 0 saturated heterocycles. The Morgan fingerprint density at radius 2 is 0.500 bits per heavy atom. The average molecular weight is 1080 g/mol. The van der Waals surface area contributed by atoms with Crippen molar-refractivity contribution in [1.29, 1.82) is 0 Å². The summed E-state index contributed by atoms with van der Waals surface area (Å²) in [4.78, 5) is 38.3. The summed E-state index contributed by atoms with van der Waals surface area (Å²) < 4.78 is 16.9. The summed E-state index contributed by atoms with van der Waals surface area (Å²) >= 11 is 0. The monoisotopic (exact) mass is 1080 g/mol. The molecule has 0 rings (SSSR count). The fourth-order valence-electron chi connectivity index (χ4n) is 9.10. The Kier molecular flexibility index (Phi) is 62.3. The highest BCUT2D eigenvalue weighted by atomic mass is 16.6. The number of hydrogen-bond acceptors (Lipinski definition) is 6. The molecule has 1 atom stereocenters. The summed E-state index contributed by atoms with van der Waals surface area (Å²) in [5.41, 5.74) is 0. The Labute approximate surface area is 482 Å². The second kappa shape index (κ2) is 65.6. The highest BCUT2D eigenvalue weighted by Gasteiger charge is 2.19. The van der Waals surface area contributed by atoms with E-state index < -0.39 is 6.10 Å². The molecular weight excluding hydrogens is 961 g/mol. The molecular formula is C72H122O6. The molecule has 0 heterocycles. The standard InChI is InChI=1S/C72H122O6/c1-4-7-10-13-16-19-22-25-27-29-31-32-33-34-35-36-37-38-39-40-42-43-45-47-50-53-56-59-62-65-71(74)77-68-69(67-76-70(73)64-61-58-55-52-49-24-21-18-15-12-9-6-3)78-72(75)66-63-60-57-54-51-48-46-44-41-30-28-26-23-20-17-14-11-8-5-2/h7,10,16,19,25-28,31-32,34-35,37-38,40,42,45,47,69H,4-6,8-9,11-15,17-18,20-24,29-30,33,36,39,41,43-44,46,48-68H2,1-3H3/b10-7-,19-16-,27-25-,28-26-,32-31-,35-34-,38-37-,42-40-,47-45-. The average Bonchev–Trinajstić information content (AvgIpc) is 3.44. The summed E-state index contributed by atoms with van der Waals surface area (Å²) in [5, 5.41) is 0. The number of ether oxygens (including phenoxy) is 3. The third-order valence-corrected chi connectivity index (χ3v) is 14.0. The van der Waals surface area contributed by atoms with Gasteiger partial charge in [0, 0.05) is 19.3 Å². The number of carbonyl (C=O) groups is 3. The van der Waals surface area contributed by atoms with Crippen LogP contribution in [0.15, 0.2) is 109 Å². The summed E-state index contributed by atoms with van der Waals surface area (Å²) in [6.07, 6.45) is 89.5. The molecule has 0 N–H and O–H groups in total. The van der Waals surface area contributed by atoms with E-state index in [0.29, 0.717) is 19.3 Å². The first-order chi connectivity index (χ1) is 38.5. The maximum absolute atomic E-state index is 12.9. The zero-order valence-electron chi connectivity index (χ0n) is 51.2. The summed E-state index contributed by atoms with van der Waals surface area (Å²) in [7, 11) is 0. The van der Waals surface area contributed by atoms with Gasteiger partial charge in [0.05, 0.1) is 0 Å². The molecule has 0 amide bonds. The van der Waals surface area contributed by atoms with Crippen molar-refractivity contribution in [3.05, 3.63) is 109 Å². The number of hydrogen-bond donors (Lipinski definition) is 0. The molecule has 0 aromatic heterocycles. The van der Waals surface area contributed by atoms with Crippen molar-refractivity contribution in [2.45, 2.75) is 316 Å². The van der Waals surface area contributed by atoms with Gasteiger partial charge in [0.25, 0.3) is 0 Å². The Hall–Kier alpha value is -3.93.